The van der Waals surface area contributed by atoms with Gasteiger partial charge in [0.05, 0.1) is 18.0 Å². The van der Waals surface area contributed by atoms with Crippen molar-refractivity contribution in [2.24, 2.45) is 5.92 Å². The molecule has 1 aliphatic carbocycles. The van der Waals surface area contributed by atoms with Gasteiger partial charge in [0.2, 0.25) is 5.91 Å². The number of aliphatic carboxylic acids is 1. The normalized spacial score (nSPS) is 17.9. The van der Waals surface area contributed by atoms with Gasteiger partial charge < -0.3 is 14.9 Å². The number of carboxylic acids is 1. The van der Waals surface area contributed by atoms with E-state index in [0.29, 0.717) is 25.9 Å². The van der Waals surface area contributed by atoms with E-state index < -0.39 is 5.97 Å². The van der Waals surface area contributed by atoms with E-state index in [0.717, 1.165) is 24.8 Å². The molecule has 1 N–H and O–H groups in total. The smallest absolute Gasteiger partial charge is 0.306 e. The van der Waals surface area contributed by atoms with Crippen LogP contribution in [-0.2, 0) is 22.4 Å². The lowest BCUT2D eigenvalue weighted by Crippen LogP contribution is -2.45. The Morgan fingerprint density at radius 2 is 1.92 bits per heavy atom. The summed E-state index contributed by atoms with van der Waals surface area (Å²) < 4.78 is 0. The van der Waals surface area contributed by atoms with Crippen molar-refractivity contribution in [3.05, 3.63) is 21.4 Å². The topological polar surface area (TPSA) is 77.9 Å². The number of fused-ring (bicyclic) bond motifs is 1. The van der Waals surface area contributed by atoms with Gasteiger partial charge in [0.25, 0.3) is 5.91 Å². The summed E-state index contributed by atoms with van der Waals surface area (Å²) in [6.45, 7) is 0.943. The minimum Gasteiger partial charge on any atom is -0.481 e. The molecule has 0 atom stereocenters. The third kappa shape index (κ3) is 3.86. The van der Waals surface area contributed by atoms with Crippen LogP contribution in [0, 0.1) is 5.92 Å². The first-order valence-electron chi connectivity index (χ1n) is 8.82. The molecule has 7 heteroatoms. The van der Waals surface area contributed by atoms with Crippen LogP contribution in [0.15, 0.2) is 5.38 Å². The van der Waals surface area contributed by atoms with E-state index in [1.807, 2.05) is 5.38 Å². The van der Waals surface area contributed by atoms with Crippen LogP contribution < -0.4 is 0 Å². The number of nitrogens with zero attached hydrogens (tertiary/aromatic N) is 2. The van der Waals surface area contributed by atoms with E-state index in [2.05, 4.69) is 0 Å². The highest BCUT2D eigenvalue weighted by atomic mass is 32.1. The van der Waals surface area contributed by atoms with E-state index in [4.69, 9.17) is 5.11 Å². The van der Waals surface area contributed by atoms with Crippen molar-refractivity contribution in [3.8, 4) is 0 Å². The van der Waals surface area contributed by atoms with E-state index in [1.54, 1.807) is 23.3 Å². The molecule has 25 heavy (non-hydrogen) atoms. The summed E-state index contributed by atoms with van der Waals surface area (Å²) in [6, 6.07) is 0. The molecule has 136 valence electrons. The molecule has 0 unspecified atom stereocenters. The van der Waals surface area contributed by atoms with Gasteiger partial charge in [0, 0.05) is 30.4 Å². The van der Waals surface area contributed by atoms with E-state index in [9.17, 15) is 14.4 Å². The Hall–Kier alpha value is -1.89. The van der Waals surface area contributed by atoms with Crippen molar-refractivity contribution < 1.29 is 19.5 Å². The van der Waals surface area contributed by atoms with Crippen LogP contribution in [0.2, 0.25) is 0 Å². The maximum atomic E-state index is 12.7. The van der Waals surface area contributed by atoms with Gasteiger partial charge >= 0.3 is 5.97 Å². The zero-order chi connectivity index (χ0) is 18.0. The van der Waals surface area contributed by atoms with Gasteiger partial charge in [-0.15, -0.1) is 11.3 Å². The summed E-state index contributed by atoms with van der Waals surface area (Å²) in [5, 5.41) is 11.0. The summed E-state index contributed by atoms with van der Waals surface area (Å²) in [7, 11) is 1.66. The molecule has 2 heterocycles. The van der Waals surface area contributed by atoms with Crippen molar-refractivity contribution in [1.82, 2.24) is 9.80 Å². The van der Waals surface area contributed by atoms with Crippen LogP contribution in [0.4, 0.5) is 0 Å². The highest BCUT2D eigenvalue weighted by molar-refractivity contribution is 7.10. The summed E-state index contributed by atoms with van der Waals surface area (Å²) in [4.78, 5) is 40.6. The second-order valence-corrected chi connectivity index (χ2v) is 7.88. The molecule has 6 nitrogen and oxygen atoms in total. The van der Waals surface area contributed by atoms with Gasteiger partial charge in [-0.3, -0.25) is 14.4 Å². The number of carbonyl (C=O) groups excluding carboxylic acids is 2. The molecule has 1 aromatic rings. The number of piperidine rings is 1. The van der Waals surface area contributed by atoms with Crippen LogP contribution >= 0.6 is 11.3 Å². The fraction of sp³-hybridized carbons (Fsp3) is 0.611. The zero-order valence-electron chi connectivity index (χ0n) is 14.5. The van der Waals surface area contributed by atoms with Gasteiger partial charge in [-0.25, -0.2) is 0 Å². The predicted octanol–water partition coefficient (Wildman–Crippen LogP) is 2.02. The van der Waals surface area contributed by atoms with Crippen molar-refractivity contribution >= 4 is 29.1 Å². The van der Waals surface area contributed by atoms with Gasteiger partial charge in [-0.1, -0.05) is 0 Å². The number of hydrogen-bond donors (Lipinski definition) is 1. The summed E-state index contributed by atoms with van der Waals surface area (Å²) in [5.74, 6) is -1.35. The molecule has 0 spiro atoms. The second kappa shape index (κ2) is 7.56. The average molecular weight is 364 g/mol. The number of amides is 2. The largest absolute Gasteiger partial charge is 0.481 e. The highest BCUT2D eigenvalue weighted by Crippen LogP contribution is 2.30. The molecule has 0 radical (unpaired) electrons. The molecular weight excluding hydrogens is 340 g/mol. The average Bonchev–Trinajstić information content (AvgIpc) is 3.05. The molecule has 0 aromatic carbocycles. The molecule has 0 saturated carbocycles. The molecule has 0 bridgehead atoms. The number of aryl methyl sites for hydroxylation is 1. The molecule has 3 rings (SSSR count). The first kappa shape index (κ1) is 17.9. The van der Waals surface area contributed by atoms with Crippen LogP contribution in [-0.4, -0.2) is 59.4 Å². The number of likely N-dealkylation sites (N-methyl/N-ethyl adjacent to an activating group) is 1. The molecule has 1 fully saturated rings. The minimum atomic E-state index is -0.790. The molecule has 1 aromatic heterocycles. The van der Waals surface area contributed by atoms with E-state index in [-0.39, 0.29) is 24.3 Å². The Morgan fingerprint density at radius 1 is 1.24 bits per heavy atom. The Labute approximate surface area is 151 Å². The molecule has 2 amide bonds. The van der Waals surface area contributed by atoms with Crippen LogP contribution in [0.3, 0.4) is 0 Å². The second-order valence-electron chi connectivity index (χ2n) is 6.91. The third-order valence-electron chi connectivity index (χ3n) is 5.21. The first-order valence-corrected chi connectivity index (χ1v) is 9.70. The van der Waals surface area contributed by atoms with Crippen molar-refractivity contribution in [1.29, 1.82) is 0 Å². The van der Waals surface area contributed by atoms with Crippen LogP contribution in [0.5, 0.6) is 0 Å². The highest BCUT2D eigenvalue weighted by Gasteiger charge is 2.29. The monoisotopic (exact) mass is 364 g/mol. The quantitative estimate of drug-likeness (QED) is 0.887. The van der Waals surface area contributed by atoms with E-state index in [1.165, 1.54) is 21.8 Å². The lowest BCUT2D eigenvalue weighted by molar-refractivity contribution is -0.145. The Morgan fingerprint density at radius 3 is 2.60 bits per heavy atom. The maximum Gasteiger partial charge on any atom is 0.306 e. The number of rotatable bonds is 4. The number of carbonyl (C=O) groups is 3. The molecule has 1 aliphatic heterocycles. The number of hydrogen-bond acceptors (Lipinski definition) is 4. The Kier molecular flexibility index (Phi) is 5.42. The number of likely N-dealkylation sites (tertiary alicyclic amines) is 1. The fourth-order valence-corrected chi connectivity index (χ4v) is 4.75. The van der Waals surface area contributed by atoms with Gasteiger partial charge in [0.15, 0.2) is 0 Å². The summed E-state index contributed by atoms with van der Waals surface area (Å²) in [5.41, 5.74) is 1.92. The van der Waals surface area contributed by atoms with Gasteiger partial charge in [-0.05, 0) is 44.1 Å². The SMILES string of the molecule is CN(CC(=O)N1CCC(C(=O)O)CC1)C(=O)c1csc2c1CCCC2. The van der Waals surface area contributed by atoms with Crippen LogP contribution in [0.1, 0.15) is 46.5 Å². The van der Waals surface area contributed by atoms with Crippen LogP contribution in [0.25, 0.3) is 0 Å². The van der Waals surface area contributed by atoms with Crippen molar-refractivity contribution in [2.75, 3.05) is 26.7 Å². The number of thiophene rings is 1. The van der Waals surface area contributed by atoms with Crippen molar-refractivity contribution in [2.45, 2.75) is 38.5 Å². The maximum absolute atomic E-state index is 12.7. The lowest BCUT2D eigenvalue weighted by Gasteiger charge is -2.31. The van der Waals surface area contributed by atoms with Crippen molar-refractivity contribution in [3.63, 3.8) is 0 Å². The minimum absolute atomic E-state index is 0.0428. The standard InChI is InChI=1S/C18H24N2O4S/c1-19(10-16(21)20-8-6-12(7-9-20)18(23)24)17(22)14-11-25-15-5-3-2-4-13(14)15/h11-12H,2-10H2,1H3,(H,23,24). The molecular formula is C18H24N2O4S. The Balaban J connectivity index is 1.57. The molecule has 1 saturated heterocycles. The molecule has 2 aliphatic rings. The lowest BCUT2D eigenvalue weighted by atomic mass is 9.95. The first-order chi connectivity index (χ1) is 12.0. The summed E-state index contributed by atoms with van der Waals surface area (Å²) >= 11 is 1.65. The zero-order valence-corrected chi connectivity index (χ0v) is 15.3. The Bertz CT molecular complexity index is 677. The van der Waals surface area contributed by atoms with Gasteiger partial charge in [-0.2, -0.15) is 0 Å². The third-order valence-corrected chi connectivity index (χ3v) is 6.30. The fourth-order valence-electron chi connectivity index (χ4n) is 3.63. The van der Waals surface area contributed by atoms with E-state index >= 15 is 0 Å². The predicted molar refractivity (Wildman–Crippen MR) is 94.9 cm³/mol. The summed E-state index contributed by atoms with van der Waals surface area (Å²) in [6.07, 6.45) is 5.26. The number of carboxylic acid groups (broad SMARTS) is 1. The van der Waals surface area contributed by atoms with Gasteiger partial charge in [0.1, 0.15) is 0 Å².